The summed E-state index contributed by atoms with van der Waals surface area (Å²) in [6.45, 7) is 5.71. The summed E-state index contributed by atoms with van der Waals surface area (Å²) in [5.41, 5.74) is 0. The molecule has 1 aliphatic heterocycles. The van der Waals surface area contributed by atoms with E-state index in [-0.39, 0.29) is 0 Å². The molecule has 1 nitrogen and oxygen atoms in total. The van der Waals surface area contributed by atoms with Crippen molar-refractivity contribution in [3.05, 3.63) is 0 Å². The largest absolute Gasteiger partial charge is 0.378 e. The third-order valence-electron chi connectivity index (χ3n) is 3.12. The first kappa shape index (κ1) is 7.60. The summed E-state index contributed by atoms with van der Waals surface area (Å²) in [6, 6.07) is 0. The molecular weight excluding hydrogens is 136 g/mol. The predicted molar refractivity (Wildman–Crippen MR) is 45.4 cm³/mol. The highest BCUT2D eigenvalue weighted by molar-refractivity contribution is 4.89. The Balaban J connectivity index is 1.87. The normalized spacial score (nSPS) is 42.3. The van der Waals surface area contributed by atoms with Gasteiger partial charge in [0.1, 0.15) is 0 Å². The van der Waals surface area contributed by atoms with E-state index in [0.29, 0.717) is 6.10 Å². The van der Waals surface area contributed by atoms with Crippen molar-refractivity contribution in [2.45, 2.75) is 39.2 Å². The van der Waals surface area contributed by atoms with E-state index in [1.807, 2.05) is 0 Å². The van der Waals surface area contributed by atoms with Crippen LogP contribution in [0.5, 0.6) is 0 Å². The summed E-state index contributed by atoms with van der Waals surface area (Å²) in [7, 11) is 0. The minimum atomic E-state index is 0.642. The molecule has 0 amide bonds. The van der Waals surface area contributed by atoms with Gasteiger partial charge in [-0.15, -0.1) is 0 Å². The molecule has 2 rings (SSSR count). The molecule has 3 atom stereocenters. The van der Waals surface area contributed by atoms with Gasteiger partial charge in [-0.05, 0) is 37.0 Å². The zero-order valence-electron chi connectivity index (χ0n) is 7.55. The summed E-state index contributed by atoms with van der Waals surface area (Å²) < 4.78 is 5.56. The quantitative estimate of drug-likeness (QED) is 0.593. The van der Waals surface area contributed by atoms with Crippen LogP contribution in [0, 0.1) is 17.8 Å². The lowest BCUT2D eigenvalue weighted by Crippen LogP contribution is -2.19. The van der Waals surface area contributed by atoms with Gasteiger partial charge in [-0.1, -0.05) is 13.8 Å². The van der Waals surface area contributed by atoms with Crippen LogP contribution in [0.1, 0.15) is 33.1 Å². The number of hydrogen-bond donors (Lipinski definition) is 0. The highest BCUT2D eigenvalue weighted by atomic mass is 16.5. The molecule has 0 aromatic heterocycles. The summed E-state index contributed by atoms with van der Waals surface area (Å²) in [6.07, 6.45) is 4.77. The average molecular weight is 154 g/mol. The lowest BCUT2D eigenvalue weighted by Gasteiger charge is -2.23. The van der Waals surface area contributed by atoms with Gasteiger partial charge in [0.25, 0.3) is 0 Å². The second-order valence-electron chi connectivity index (χ2n) is 4.58. The van der Waals surface area contributed by atoms with Crippen molar-refractivity contribution >= 4 is 0 Å². The molecule has 1 aliphatic carbocycles. The van der Waals surface area contributed by atoms with Crippen molar-refractivity contribution in [1.82, 2.24) is 0 Å². The third-order valence-corrected chi connectivity index (χ3v) is 3.12. The van der Waals surface area contributed by atoms with Gasteiger partial charge in [-0.3, -0.25) is 0 Å². The molecule has 0 radical (unpaired) electrons. The van der Waals surface area contributed by atoms with Crippen molar-refractivity contribution in [3.8, 4) is 0 Å². The van der Waals surface area contributed by atoms with Gasteiger partial charge in [0.05, 0.1) is 12.7 Å². The Morgan fingerprint density at radius 3 is 2.64 bits per heavy atom. The van der Waals surface area contributed by atoms with Gasteiger partial charge in [0.2, 0.25) is 0 Å². The highest BCUT2D eigenvalue weighted by Crippen LogP contribution is 2.42. The maximum absolute atomic E-state index is 5.56. The van der Waals surface area contributed by atoms with Gasteiger partial charge in [0.15, 0.2) is 0 Å². The van der Waals surface area contributed by atoms with Crippen LogP contribution in [-0.4, -0.2) is 12.7 Å². The van der Waals surface area contributed by atoms with Crippen LogP contribution in [0.2, 0.25) is 0 Å². The Labute approximate surface area is 69.1 Å². The van der Waals surface area contributed by atoms with E-state index >= 15 is 0 Å². The van der Waals surface area contributed by atoms with Crippen molar-refractivity contribution in [3.63, 3.8) is 0 Å². The second-order valence-corrected chi connectivity index (χ2v) is 4.58. The molecule has 1 saturated heterocycles. The number of rotatable bonds is 2. The van der Waals surface area contributed by atoms with E-state index < -0.39 is 0 Å². The number of hydrogen-bond acceptors (Lipinski definition) is 1. The van der Waals surface area contributed by atoms with E-state index in [2.05, 4.69) is 13.8 Å². The van der Waals surface area contributed by atoms with Crippen molar-refractivity contribution in [2.75, 3.05) is 6.61 Å². The summed E-state index contributed by atoms with van der Waals surface area (Å²) in [5.74, 6) is 2.79. The number of ether oxygens (including phenoxy) is 1. The second kappa shape index (κ2) is 2.78. The highest BCUT2D eigenvalue weighted by Gasteiger charge is 2.40. The van der Waals surface area contributed by atoms with Crippen LogP contribution in [0.25, 0.3) is 0 Å². The molecule has 0 aromatic rings. The average Bonchev–Trinajstić information content (AvgIpc) is 2.45. The minimum Gasteiger partial charge on any atom is -0.378 e. The zero-order valence-corrected chi connectivity index (χ0v) is 7.55. The summed E-state index contributed by atoms with van der Waals surface area (Å²) >= 11 is 0. The molecule has 0 N–H and O–H groups in total. The van der Waals surface area contributed by atoms with Crippen molar-refractivity contribution in [2.24, 2.45) is 17.8 Å². The SMILES string of the molecule is CC(C)CC1CC2CC1CO2. The molecule has 11 heavy (non-hydrogen) atoms. The first-order chi connectivity index (χ1) is 5.25. The molecular formula is C10H18O. The fourth-order valence-corrected chi connectivity index (χ4v) is 2.65. The minimum absolute atomic E-state index is 0.642. The summed E-state index contributed by atoms with van der Waals surface area (Å²) in [5, 5.41) is 0. The molecule has 1 heteroatoms. The van der Waals surface area contributed by atoms with Crippen LogP contribution in [0.3, 0.4) is 0 Å². The fraction of sp³-hybridized carbons (Fsp3) is 1.00. The topological polar surface area (TPSA) is 9.23 Å². The molecule has 64 valence electrons. The van der Waals surface area contributed by atoms with E-state index in [0.717, 1.165) is 24.4 Å². The molecule has 3 unspecified atom stereocenters. The first-order valence-electron chi connectivity index (χ1n) is 4.87. The Morgan fingerprint density at radius 1 is 1.36 bits per heavy atom. The van der Waals surface area contributed by atoms with Crippen LogP contribution >= 0.6 is 0 Å². The lowest BCUT2D eigenvalue weighted by molar-refractivity contribution is 0.0472. The summed E-state index contributed by atoms with van der Waals surface area (Å²) in [4.78, 5) is 0. The first-order valence-corrected chi connectivity index (χ1v) is 4.87. The van der Waals surface area contributed by atoms with Crippen LogP contribution in [0.15, 0.2) is 0 Å². The monoisotopic (exact) mass is 154 g/mol. The van der Waals surface area contributed by atoms with Gasteiger partial charge >= 0.3 is 0 Å². The lowest BCUT2D eigenvalue weighted by atomic mass is 9.88. The van der Waals surface area contributed by atoms with Gasteiger partial charge in [0, 0.05) is 0 Å². The Morgan fingerprint density at radius 2 is 2.18 bits per heavy atom. The van der Waals surface area contributed by atoms with Crippen LogP contribution < -0.4 is 0 Å². The predicted octanol–water partition coefficient (Wildman–Crippen LogP) is 2.46. The Bertz CT molecular complexity index is 142. The maximum Gasteiger partial charge on any atom is 0.0581 e. The van der Waals surface area contributed by atoms with Crippen molar-refractivity contribution in [1.29, 1.82) is 0 Å². The van der Waals surface area contributed by atoms with Crippen LogP contribution in [0.4, 0.5) is 0 Å². The molecule has 0 aromatic carbocycles. The standard InChI is InChI=1S/C10H18O/c1-7(2)3-8-4-10-5-9(8)6-11-10/h7-10H,3-6H2,1-2H3. The zero-order chi connectivity index (χ0) is 7.84. The molecule has 1 saturated carbocycles. The Hall–Kier alpha value is -0.0400. The van der Waals surface area contributed by atoms with E-state index in [1.165, 1.54) is 19.3 Å². The van der Waals surface area contributed by atoms with E-state index in [1.54, 1.807) is 0 Å². The molecule has 0 spiro atoms. The van der Waals surface area contributed by atoms with Crippen molar-refractivity contribution < 1.29 is 4.74 Å². The fourth-order valence-electron chi connectivity index (χ4n) is 2.65. The molecule has 2 bridgehead atoms. The van der Waals surface area contributed by atoms with Crippen LogP contribution in [-0.2, 0) is 4.74 Å². The third kappa shape index (κ3) is 1.44. The van der Waals surface area contributed by atoms with Gasteiger partial charge in [-0.25, -0.2) is 0 Å². The van der Waals surface area contributed by atoms with E-state index in [4.69, 9.17) is 4.74 Å². The van der Waals surface area contributed by atoms with Gasteiger partial charge in [-0.2, -0.15) is 0 Å². The maximum atomic E-state index is 5.56. The van der Waals surface area contributed by atoms with E-state index in [9.17, 15) is 0 Å². The number of fused-ring (bicyclic) bond motifs is 2. The molecule has 2 fully saturated rings. The molecule has 1 heterocycles. The molecule has 2 aliphatic rings. The Kier molecular flexibility index (Phi) is 1.92. The smallest absolute Gasteiger partial charge is 0.0581 e. The van der Waals surface area contributed by atoms with Gasteiger partial charge < -0.3 is 4.74 Å².